The van der Waals surface area contributed by atoms with E-state index in [-0.39, 0.29) is 0 Å². The van der Waals surface area contributed by atoms with Gasteiger partial charge in [-0.25, -0.2) is 9.59 Å². The van der Waals surface area contributed by atoms with Crippen molar-refractivity contribution in [2.24, 2.45) is 0 Å². The minimum absolute atomic E-state index is 0.464. The van der Waals surface area contributed by atoms with Crippen LogP contribution in [0.2, 0.25) is 0 Å². The molecule has 0 saturated heterocycles. The van der Waals surface area contributed by atoms with Crippen LogP contribution in [0.25, 0.3) is 0 Å². The first kappa shape index (κ1) is 26.9. The maximum absolute atomic E-state index is 13.2. The maximum atomic E-state index is 13.2. The largest absolute Gasteiger partial charge is 0.467 e. The number of ether oxygens (including phenoxy) is 3. The second kappa shape index (κ2) is 10.5. The van der Waals surface area contributed by atoms with Crippen LogP contribution in [0.1, 0.15) is 60.5 Å². The number of carbonyl (C=O) groups excluding carboxylic acids is 4. The summed E-state index contributed by atoms with van der Waals surface area (Å²) >= 11 is 0. The smallest absolute Gasteiger partial charge is 0.408 e. The molecule has 1 rings (SSSR count). The predicted octanol–water partition coefficient (Wildman–Crippen LogP) is 2.82. The van der Waals surface area contributed by atoms with E-state index in [1.165, 1.54) is 14.0 Å². The molecule has 0 aliphatic carbocycles. The summed E-state index contributed by atoms with van der Waals surface area (Å²) < 4.78 is 15.4. The highest BCUT2D eigenvalue weighted by molar-refractivity contribution is 5.94. The predicted molar refractivity (Wildman–Crippen MR) is 118 cm³/mol. The van der Waals surface area contributed by atoms with Crippen molar-refractivity contribution in [1.82, 2.24) is 10.6 Å². The molecule has 2 atom stereocenters. The zero-order chi connectivity index (χ0) is 24.7. The average Bonchev–Trinajstić information content (AvgIpc) is 2.64. The molecule has 0 aliphatic rings. The molecule has 9 heteroatoms. The standard InChI is InChI=1S/C23H34N2O7/c1-21(2,3)31-17(26)14-16(24-20(29)32-22(4,5)6)18(27)25-23(7,19(28)30-8)15-12-10-9-11-13-15/h9-13,16H,14H2,1-8H3,(H,24,29)(H,25,27)/t16-,23-/m0/s1. The van der Waals surface area contributed by atoms with Gasteiger partial charge in [-0.15, -0.1) is 0 Å². The monoisotopic (exact) mass is 450 g/mol. The van der Waals surface area contributed by atoms with E-state index in [1.807, 2.05) is 0 Å². The Hall–Kier alpha value is -3.10. The Morgan fingerprint density at radius 1 is 0.875 bits per heavy atom. The topological polar surface area (TPSA) is 120 Å². The van der Waals surface area contributed by atoms with Gasteiger partial charge < -0.3 is 24.8 Å². The molecule has 0 spiro atoms. The number of esters is 2. The summed E-state index contributed by atoms with van der Waals surface area (Å²) in [5.41, 5.74) is -2.70. The lowest BCUT2D eigenvalue weighted by atomic mass is 9.91. The van der Waals surface area contributed by atoms with Crippen LogP contribution in [0.5, 0.6) is 0 Å². The zero-order valence-electron chi connectivity index (χ0n) is 20.0. The molecular weight excluding hydrogens is 416 g/mol. The van der Waals surface area contributed by atoms with Crippen LogP contribution in [-0.2, 0) is 34.1 Å². The van der Waals surface area contributed by atoms with Crippen LogP contribution < -0.4 is 10.6 Å². The van der Waals surface area contributed by atoms with E-state index in [2.05, 4.69) is 10.6 Å². The Morgan fingerprint density at radius 3 is 1.88 bits per heavy atom. The summed E-state index contributed by atoms with van der Waals surface area (Å²) in [6, 6.07) is 7.13. The van der Waals surface area contributed by atoms with Crippen LogP contribution in [0.3, 0.4) is 0 Å². The first-order valence-corrected chi connectivity index (χ1v) is 10.2. The second-order valence-electron chi connectivity index (χ2n) is 9.46. The molecule has 1 aromatic rings. The van der Waals surface area contributed by atoms with Crippen LogP contribution >= 0.6 is 0 Å². The molecule has 2 amide bonds. The molecular formula is C23H34N2O7. The number of benzene rings is 1. The molecule has 0 aliphatic heterocycles. The van der Waals surface area contributed by atoms with Crippen LogP contribution in [0, 0.1) is 0 Å². The van der Waals surface area contributed by atoms with Gasteiger partial charge in [0, 0.05) is 0 Å². The summed E-state index contributed by atoms with van der Waals surface area (Å²) in [4.78, 5) is 50.4. The molecule has 0 unspecified atom stereocenters. The van der Waals surface area contributed by atoms with Crippen molar-refractivity contribution in [3.8, 4) is 0 Å². The molecule has 2 N–H and O–H groups in total. The number of amides is 2. The fourth-order valence-electron chi connectivity index (χ4n) is 2.76. The van der Waals surface area contributed by atoms with Crippen molar-refractivity contribution in [3.63, 3.8) is 0 Å². The number of alkyl carbamates (subject to hydrolysis) is 1. The summed E-state index contributed by atoms with van der Waals surface area (Å²) in [7, 11) is 1.20. The Balaban J connectivity index is 3.19. The summed E-state index contributed by atoms with van der Waals surface area (Å²) in [5, 5.41) is 5.00. The fraction of sp³-hybridized carbons (Fsp3) is 0.565. The number of rotatable bonds is 7. The lowest BCUT2D eigenvalue weighted by Gasteiger charge is -2.31. The molecule has 0 radical (unpaired) electrons. The lowest BCUT2D eigenvalue weighted by Crippen LogP contribution is -2.57. The van der Waals surface area contributed by atoms with Gasteiger partial charge in [-0.2, -0.15) is 0 Å². The highest BCUT2D eigenvalue weighted by Crippen LogP contribution is 2.23. The Morgan fingerprint density at radius 2 is 1.41 bits per heavy atom. The van der Waals surface area contributed by atoms with Crippen molar-refractivity contribution >= 4 is 23.9 Å². The molecule has 0 fully saturated rings. The van der Waals surface area contributed by atoms with Crippen molar-refractivity contribution in [2.75, 3.05) is 7.11 Å². The Bertz CT molecular complexity index is 795. The third-order valence-corrected chi connectivity index (χ3v) is 4.12. The molecule has 32 heavy (non-hydrogen) atoms. The van der Waals surface area contributed by atoms with Gasteiger partial charge in [0.1, 0.15) is 17.2 Å². The highest BCUT2D eigenvalue weighted by Gasteiger charge is 2.40. The Kier molecular flexibility index (Phi) is 8.82. The van der Waals surface area contributed by atoms with Crippen molar-refractivity contribution in [3.05, 3.63) is 35.9 Å². The van der Waals surface area contributed by atoms with E-state index in [0.29, 0.717) is 5.56 Å². The van der Waals surface area contributed by atoms with Gasteiger partial charge in [-0.05, 0) is 54.0 Å². The van der Waals surface area contributed by atoms with Crippen molar-refractivity contribution in [1.29, 1.82) is 0 Å². The molecule has 0 saturated carbocycles. The number of methoxy groups -OCH3 is 1. The van der Waals surface area contributed by atoms with Crippen LogP contribution in [0.4, 0.5) is 4.79 Å². The normalized spacial score (nSPS) is 14.4. The summed E-state index contributed by atoms with van der Waals surface area (Å²) in [6.45, 7) is 11.5. The van der Waals surface area contributed by atoms with E-state index in [9.17, 15) is 19.2 Å². The van der Waals surface area contributed by atoms with Crippen LogP contribution in [-0.4, -0.2) is 48.3 Å². The van der Waals surface area contributed by atoms with Gasteiger partial charge in [0.15, 0.2) is 5.54 Å². The molecule has 9 nitrogen and oxygen atoms in total. The summed E-state index contributed by atoms with van der Waals surface area (Å²) in [6.07, 6.45) is -1.35. The maximum Gasteiger partial charge on any atom is 0.408 e. The van der Waals surface area contributed by atoms with E-state index < -0.39 is 53.1 Å². The van der Waals surface area contributed by atoms with Gasteiger partial charge in [0.2, 0.25) is 5.91 Å². The van der Waals surface area contributed by atoms with Gasteiger partial charge in [-0.3, -0.25) is 9.59 Å². The first-order valence-electron chi connectivity index (χ1n) is 10.2. The number of hydrogen-bond acceptors (Lipinski definition) is 7. The molecule has 1 aromatic carbocycles. The van der Waals surface area contributed by atoms with Crippen molar-refractivity contribution in [2.45, 2.75) is 77.7 Å². The van der Waals surface area contributed by atoms with E-state index >= 15 is 0 Å². The second-order valence-corrected chi connectivity index (χ2v) is 9.46. The third kappa shape index (κ3) is 8.56. The molecule has 0 heterocycles. The quantitative estimate of drug-likeness (QED) is 0.484. The number of carbonyl (C=O) groups is 4. The van der Waals surface area contributed by atoms with Crippen molar-refractivity contribution < 1.29 is 33.4 Å². The van der Waals surface area contributed by atoms with Gasteiger partial charge in [0.05, 0.1) is 13.5 Å². The first-order chi connectivity index (χ1) is 14.6. The number of nitrogens with one attached hydrogen (secondary N) is 2. The van der Waals surface area contributed by atoms with Crippen LogP contribution in [0.15, 0.2) is 30.3 Å². The SMILES string of the molecule is COC(=O)[C@@](C)(NC(=O)[C@H](CC(=O)OC(C)(C)C)NC(=O)OC(C)(C)C)c1ccccc1. The minimum Gasteiger partial charge on any atom is -0.467 e. The van der Waals surface area contributed by atoms with E-state index in [0.717, 1.165) is 0 Å². The van der Waals surface area contributed by atoms with Gasteiger partial charge >= 0.3 is 18.0 Å². The summed E-state index contributed by atoms with van der Waals surface area (Å²) in [5.74, 6) is -2.20. The molecule has 0 bridgehead atoms. The van der Waals surface area contributed by atoms with E-state index in [1.54, 1.807) is 71.9 Å². The molecule has 0 aromatic heterocycles. The molecule has 178 valence electrons. The zero-order valence-corrected chi connectivity index (χ0v) is 20.0. The third-order valence-electron chi connectivity index (χ3n) is 4.12. The average molecular weight is 451 g/mol. The Labute approximate surface area is 189 Å². The van der Waals surface area contributed by atoms with E-state index in [4.69, 9.17) is 14.2 Å². The van der Waals surface area contributed by atoms with Gasteiger partial charge in [-0.1, -0.05) is 30.3 Å². The highest BCUT2D eigenvalue weighted by atomic mass is 16.6. The van der Waals surface area contributed by atoms with Gasteiger partial charge in [0.25, 0.3) is 0 Å². The fourth-order valence-corrected chi connectivity index (χ4v) is 2.76. The minimum atomic E-state index is -1.56. The lowest BCUT2D eigenvalue weighted by molar-refractivity contribution is -0.156. The number of hydrogen-bond donors (Lipinski definition) is 2.